The van der Waals surface area contributed by atoms with Gasteiger partial charge in [0.2, 0.25) is 0 Å². The Kier molecular flexibility index (Phi) is 7.83. The van der Waals surface area contributed by atoms with Crippen molar-refractivity contribution in [3.63, 3.8) is 0 Å². The molecule has 0 aromatic carbocycles. The second-order valence-electron chi connectivity index (χ2n) is 5.36. The summed E-state index contributed by atoms with van der Waals surface area (Å²) in [4.78, 5) is 0. The molecule has 0 bridgehead atoms. The Morgan fingerprint density at radius 1 is 1.06 bits per heavy atom. The summed E-state index contributed by atoms with van der Waals surface area (Å²) in [5, 5.41) is 0. The van der Waals surface area contributed by atoms with Gasteiger partial charge in [0, 0.05) is 0 Å². The highest BCUT2D eigenvalue weighted by molar-refractivity contribution is 5.20. The third-order valence-electron chi connectivity index (χ3n) is 4.72. The van der Waals surface area contributed by atoms with Gasteiger partial charge in [-0.1, -0.05) is 66.5 Å². The molecule has 0 heteroatoms. The standard InChI is InChI=1S/C13H22.2C2H6/c1-10-7-8-12-6-4-5-9-13(12,3)11(10)2;2*1-2/h8,10-11H,4-7,9H2,1-3H3;2*1-2H3. The van der Waals surface area contributed by atoms with Crippen LogP contribution >= 0.6 is 0 Å². The van der Waals surface area contributed by atoms with Gasteiger partial charge in [-0.25, -0.2) is 0 Å². The highest BCUT2D eigenvalue weighted by Crippen LogP contribution is 2.52. The smallest absolute Gasteiger partial charge is 0.00881 e. The van der Waals surface area contributed by atoms with Crippen LogP contribution in [0.1, 0.15) is 80.6 Å². The minimum Gasteiger partial charge on any atom is -0.0845 e. The lowest BCUT2D eigenvalue weighted by Crippen LogP contribution is -2.36. The van der Waals surface area contributed by atoms with E-state index >= 15 is 0 Å². The highest BCUT2D eigenvalue weighted by Gasteiger charge is 2.40. The Hall–Kier alpha value is -0.260. The van der Waals surface area contributed by atoms with Gasteiger partial charge in [0.05, 0.1) is 0 Å². The number of hydrogen-bond acceptors (Lipinski definition) is 0. The summed E-state index contributed by atoms with van der Waals surface area (Å²) in [6.45, 7) is 15.4. The van der Waals surface area contributed by atoms with Crippen molar-refractivity contribution in [3.05, 3.63) is 11.6 Å². The van der Waals surface area contributed by atoms with Crippen LogP contribution in [0, 0.1) is 17.3 Å². The molecular formula is C17H34. The van der Waals surface area contributed by atoms with Gasteiger partial charge in [-0.2, -0.15) is 0 Å². The Labute approximate surface area is 110 Å². The summed E-state index contributed by atoms with van der Waals surface area (Å²) in [6, 6.07) is 0. The predicted octanol–water partition coefficient (Wildman–Crippen LogP) is 6.22. The van der Waals surface area contributed by atoms with Crippen molar-refractivity contribution < 1.29 is 0 Å². The normalized spacial score (nSPS) is 35.4. The van der Waals surface area contributed by atoms with Crippen LogP contribution in [0.2, 0.25) is 0 Å². The number of fused-ring (bicyclic) bond motifs is 1. The zero-order valence-corrected chi connectivity index (χ0v) is 13.3. The Balaban J connectivity index is 0.000000581. The van der Waals surface area contributed by atoms with Crippen LogP contribution in [0.4, 0.5) is 0 Å². The first-order valence-electron chi connectivity index (χ1n) is 7.84. The third kappa shape index (κ3) is 3.60. The lowest BCUT2D eigenvalue weighted by Gasteiger charge is -2.47. The molecule has 3 unspecified atom stereocenters. The van der Waals surface area contributed by atoms with E-state index < -0.39 is 0 Å². The highest BCUT2D eigenvalue weighted by atomic mass is 14.5. The Morgan fingerprint density at radius 3 is 2.24 bits per heavy atom. The van der Waals surface area contributed by atoms with Gasteiger partial charge in [-0.3, -0.25) is 0 Å². The van der Waals surface area contributed by atoms with Crippen LogP contribution < -0.4 is 0 Å². The predicted molar refractivity (Wildman–Crippen MR) is 80.3 cm³/mol. The number of allylic oxidation sites excluding steroid dienone is 2. The van der Waals surface area contributed by atoms with E-state index in [2.05, 4.69) is 26.8 Å². The lowest BCUT2D eigenvalue weighted by atomic mass is 9.58. The van der Waals surface area contributed by atoms with E-state index in [0.29, 0.717) is 5.41 Å². The fourth-order valence-electron chi connectivity index (χ4n) is 3.27. The van der Waals surface area contributed by atoms with Crippen molar-refractivity contribution in [1.82, 2.24) is 0 Å². The molecule has 0 aromatic rings. The monoisotopic (exact) mass is 238 g/mol. The fourth-order valence-corrected chi connectivity index (χ4v) is 3.27. The summed E-state index contributed by atoms with van der Waals surface area (Å²) >= 11 is 0. The van der Waals surface area contributed by atoms with Crippen LogP contribution in [-0.2, 0) is 0 Å². The van der Waals surface area contributed by atoms with Crippen molar-refractivity contribution in [2.24, 2.45) is 17.3 Å². The largest absolute Gasteiger partial charge is 0.0845 e. The molecule has 0 saturated heterocycles. The fraction of sp³-hybridized carbons (Fsp3) is 0.882. The zero-order valence-electron chi connectivity index (χ0n) is 13.3. The summed E-state index contributed by atoms with van der Waals surface area (Å²) in [7, 11) is 0. The molecule has 0 N–H and O–H groups in total. The first-order chi connectivity index (χ1) is 8.14. The van der Waals surface area contributed by atoms with E-state index in [1.54, 1.807) is 5.57 Å². The van der Waals surface area contributed by atoms with Crippen molar-refractivity contribution in [2.45, 2.75) is 80.6 Å². The number of hydrogen-bond donors (Lipinski definition) is 0. The van der Waals surface area contributed by atoms with Crippen molar-refractivity contribution in [1.29, 1.82) is 0 Å². The first-order valence-corrected chi connectivity index (χ1v) is 7.84. The van der Waals surface area contributed by atoms with Crippen LogP contribution in [0.25, 0.3) is 0 Å². The van der Waals surface area contributed by atoms with Gasteiger partial charge in [-0.15, -0.1) is 0 Å². The molecule has 0 amide bonds. The molecule has 17 heavy (non-hydrogen) atoms. The summed E-state index contributed by atoms with van der Waals surface area (Å²) in [6.07, 6.45) is 9.57. The van der Waals surface area contributed by atoms with E-state index in [0.717, 1.165) is 11.8 Å². The molecule has 0 heterocycles. The van der Waals surface area contributed by atoms with E-state index in [4.69, 9.17) is 0 Å². The molecule has 1 fully saturated rings. The molecule has 0 aliphatic heterocycles. The molecule has 2 aliphatic rings. The second kappa shape index (κ2) is 7.95. The molecule has 3 atom stereocenters. The molecule has 0 aromatic heterocycles. The van der Waals surface area contributed by atoms with Gasteiger partial charge in [0.1, 0.15) is 0 Å². The van der Waals surface area contributed by atoms with E-state index in [1.807, 2.05) is 27.7 Å². The van der Waals surface area contributed by atoms with Gasteiger partial charge < -0.3 is 0 Å². The Morgan fingerprint density at radius 2 is 1.65 bits per heavy atom. The molecule has 2 rings (SSSR count). The van der Waals surface area contributed by atoms with Crippen LogP contribution in [0.15, 0.2) is 11.6 Å². The second-order valence-corrected chi connectivity index (χ2v) is 5.36. The van der Waals surface area contributed by atoms with Crippen LogP contribution in [0.3, 0.4) is 0 Å². The maximum Gasteiger partial charge on any atom is -0.00881 e. The zero-order chi connectivity index (χ0) is 13.5. The van der Waals surface area contributed by atoms with E-state index in [-0.39, 0.29) is 0 Å². The molecule has 0 radical (unpaired) electrons. The SMILES string of the molecule is CC.CC.CC1CC=C2CCCCC2(C)C1C. The van der Waals surface area contributed by atoms with Gasteiger partial charge in [-0.05, 0) is 42.9 Å². The average Bonchev–Trinajstić information content (AvgIpc) is 2.40. The molecule has 0 nitrogen and oxygen atoms in total. The molecule has 102 valence electrons. The first kappa shape index (κ1) is 16.7. The minimum atomic E-state index is 0.565. The molecular weight excluding hydrogens is 204 g/mol. The van der Waals surface area contributed by atoms with Crippen LogP contribution in [0.5, 0.6) is 0 Å². The topological polar surface area (TPSA) is 0 Å². The minimum absolute atomic E-state index is 0.565. The molecule has 1 saturated carbocycles. The summed E-state index contributed by atoms with van der Waals surface area (Å²) in [5.74, 6) is 1.79. The van der Waals surface area contributed by atoms with E-state index in [1.165, 1.54) is 32.1 Å². The Bertz CT molecular complexity index is 226. The van der Waals surface area contributed by atoms with Crippen molar-refractivity contribution in [2.75, 3.05) is 0 Å². The third-order valence-corrected chi connectivity index (χ3v) is 4.72. The summed E-state index contributed by atoms with van der Waals surface area (Å²) < 4.78 is 0. The molecule has 0 spiro atoms. The maximum absolute atomic E-state index is 2.55. The maximum atomic E-state index is 2.55. The average molecular weight is 238 g/mol. The number of rotatable bonds is 0. The lowest BCUT2D eigenvalue weighted by molar-refractivity contribution is 0.133. The summed E-state index contributed by atoms with van der Waals surface area (Å²) in [5.41, 5.74) is 2.35. The quantitative estimate of drug-likeness (QED) is 0.439. The van der Waals surface area contributed by atoms with Crippen molar-refractivity contribution in [3.8, 4) is 0 Å². The molecule has 2 aliphatic carbocycles. The van der Waals surface area contributed by atoms with Crippen LogP contribution in [-0.4, -0.2) is 0 Å². The van der Waals surface area contributed by atoms with Gasteiger partial charge in [0.25, 0.3) is 0 Å². The van der Waals surface area contributed by atoms with E-state index in [9.17, 15) is 0 Å². The van der Waals surface area contributed by atoms with Crippen molar-refractivity contribution >= 4 is 0 Å². The van der Waals surface area contributed by atoms with Gasteiger partial charge in [0.15, 0.2) is 0 Å². The van der Waals surface area contributed by atoms with Gasteiger partial charge >= 0.3 is 0 Å².